The van der Waals surface area contributed by atoms with E-state index in [-0.39, 0.29) is 0 Å². The summed E-state index contributed by atoms with van der Waals surface area (Å²) in [6.45, 7) is 5.15. The molecule has 1 aromatic rings. The third kappa shape index (κ3) is 4.32. The molecule has 0 unspecified atom stereocenters. The van der Waals surface area contributed by atoms with Crippen LogP contribution in [0.15, 0.2) is 17.5 Å². The topological polar surface area (TPSA) is 32.3 Å². The number of carbonyl (C=O) groups is 1. The van der Waals surface area contributed by atoms with Gasteiger partial charge in [0.25, 0.3) is 0 Å². The average molecular weight is 280 g/mol. The molecule has 1 saturated heterocycles. The predicted molar refractivity (Wildman–Crippen MR) is 80.5 cm³/mol. The first-order valence-corrected chi connectivity index (χ1v) is 8.21. The molecule has 1 aromatic heterocycles. The number of piperidine rings is 1. The monoisotopic (exact) mass is 280 g/mol. The second-order valence-electron chi connectivity index (χ2n) is 5.15. The molecule has 1 aliphatic rings. The van der Waals surface area contributed by atoms with Crippen molar-refractivity contribution in [1.29, 1.82) is 0 Å². The molecule has 0 saturated carbocycles. The second kappa shape index (κ2) is 7.65. The Bertz CT molecular complexity index is 372. The molecular formula is C15H24N2OS. The zero-order valence-electron chi connectivity index (χ0n) is 11.7. The summed E-state index contributed by atoms with van der Waals surface area (Å²) in [5, 5.41) is 5.45. The summed E-state index contributed by atoms with van der Waals surface area (Å²) < 4.78 is 0. The van der Waals surface area contributed by atoms with Crippen molar-refractivity contribution in [2.75, 3.05) is 19.6 Å². The molecule has 0 radical (unpaired) electrons. The molecule has 3 nitrogen and oxygen atoms in total. The standard InChI is InChI=1S/C15H24N2OS/c1-2-11-17(13-7-9-16-10-8-13)15(18)6-5-14-4-3-12-19-14/h3-4,12-13,16H,2,5-11H2,1H3. The van der Waals surface area contributed by atoms with Gasteiger partial charge in [-0.2, -0.15) is 0 Å². The van der Waals surface area contributed by atoms with Crippen LogP contribution in [-0.4, -0.2) is 36.5 Å². The quantitative estimate of drug-likeness (QED) is 0.869. The van der Waals surface area contributed by atoms with Crippen molar-refractivity contribution in [3.63, 3.8) is 0 Å². The number of nitrogens with zero attached hydrogens (tertiary/aromatic N) is 1. The van der Waals surface area contributed by atoms with Crippen molar-refractivity contribution >= 4 is 17.2 Å². The number of amides is 1. The number of nitrogens with one attached hydrogen (secondary N) is 1. The third-order valence-electron chi connectivity index (χ3n) is 3.70. The highest BCUT2D eigenvalue weighted by Crippen LogP contribution is 2.16. The molecule has 1 amide bonds. The molecule has 2 heterocycles. The lowest BCUT2D eigenvalue weighted by Gasteiger charge is -2.34. The Hall–Kier alpha value is -0.870. The van der Waals surface area contributed by atoms with Crippen molar-refractivity contribution in [2.24, 2.45) is 0 Å². The van der Waals surface area contributed by atoms with E-state index in [0.717, 1.165) is 45.3 Å². The van der Waals surface area contributed by atoms with Crippen molar-refractivity contribution in [3.8, 4) is 0 Å². The number of hydrogen-bond acceptors (Lipinski definition) is 3. The number of carbonyl (C=O) groups excluding carboxylic acids is 1. The van der Waals surface area contributed by atoms with Gasteiger partial charge in [-0.3, -0.25) is 4.79 Å². The van der Waals surface area contributed by atoms with E-state index in [0.29, 0.717) is 18.4 Å². The summed E-state index contributed by atoms with van der Waals surface area (Å²) in [4.78, 5) is 15.9. The molecule has 106 valence electrons. The summed E-state index contributed by atoms with van der Waals surface area (Å²) in [6, 6.07) is 4.63. The fourth-order valence-electron chi connectivity index (χ4n) is 2.70. The van der Waals surface area contributed by atoms with Gasteiger partial charge in [-0.25, -0.2) is 0 Å². The highest BCUT2D eigenvalue weighted by molar-refractivity contribution is 7.09. The minimum atomic E-state index is 0.335. The lowest BCUT2D eigenvalue weighted by Crippen LogP contribution is -2.46. The molecule has 0 spiro atoms. The van der Waals surface area contributed by atoms with Gasteiger partial charge in [-0.15, -0.1) is 11.3 Å². The molecule has 2 rings (SSSR count). The minimum Gasteiger partial charge on any atom is -0.340 e. The lowest BCUT2D eigenvalue weighted by atomic mass is 10.0. The van der Waals surface area contributed by atoms with Crippen molar-refractivity contribution in [1.82, 2.24) is 10.2 Å². The van der Waals surface area contributed by atoms with Gasteiger partial charge in [0.15, 0.2) is 0 Å². The molecule has 0 aliphatic carbocycles. The highest BCUT2D eigenvalue weighted by atomic mass is 32.1. The summed E-state index contributed by atoms with van der Waals surface area (Å²) in [7, 11) is 0. The van der Waals surface area contributed by atoms with Crippen LogP contribution < -0.4 is 5.32 Å². The van der Waals surface area contributed by atoms with E-state index in [9.17, 15) is 4.79 Å². The number of thiophene rings is 1. The second-order valence-corrected chi connectivity index (χ2v) is 6.18. The van der Waals surface area contributed by atoms with Crippen LogP contribution in [0.25, 0.3) is 0 Å². The van der Waals surface area contributed by atoms with E-state index in [4.69, 9.17) is 0 Å². The molecule has 4 heteroatoms. The molecule has 1 N–H and O–H groups in total. The molecule has 0 atom stereocenters. The SMILES string of the molecule is CCCN(C(=O)CCc1cccs1)C1CCNCC1. The Morgan fingerprint density at radius 2 is 2.26 bits per heavy atom. The van der Waals surface area contributed by atoms with Gasteiger partial charge < -0.3 is 10.2 Å². The van der Waals surface area contributed by atoms with Gasteiger partial charge in [0.2, 0.25) is 5.91 Å². The number of hydrogen-bond donors (Lipinski definition) is 1. The summed E-state index contributed by atoms with van der Waals surface area (Å²) >= 11 is 1.74. The van der Waals surface area contributed by atoms with Crippen LogP contribution in [0.4, 0.5) is 0 Å². The van der Waals surface area contributed by atoms with Crippen LogP contribution in [-0.2, 0) is 11.2 Å². The van der Waals surface area contributed by atoms with Gasteiger partial charge in [0.05, 0.1) is 0 Å². The first kappa shape index (κ1) is 14.5. The highest BCUT2D eigenvalue weighted by Gasteiger charge is 2.24. The van der Waals surface area contributed by atoms with Crippen LogP contribution in [0, 0.1) is 0 Å². The first-order valence-electron chi connectivity index (χ1n) is 7.34. The van der Waals surface area contributed by atoms with Gasteiger partial charge in [-0.1, -0.05) is 13.0 Å². The molecule has 19 heavy (non-hydrogen) atoms. The molecule has 0 bridgehead atoms. The minimum absolute atomic E-state index is 0.335. The van der Waals surface area contributed by atoms with E-state index in [2.05, 4.69) is 34.7 Å². The summed E-state index contributed by atoms with van der Waals surface area (Å²) in [5.41, 5.74) is 0. The third-order valence-corrected chi connectivity index (χ3v) is 4.64. The van der Waals surface area contributed by atoms with Crippen LogP contribution in [0.1, 0.15) is 37.5 Å². The molecular weight excluding hydrogens is 256 g/mol. The van der Waals surface area contributed by atoms with Crippen molar-refractivity contribution < 1.29 is 4.79 Å². The Kier molecular flexibility index (Phi) is 5.86. The Balaban J connectivity index is 1.87. The van der Waals surface area contributed by atoms with E-state index in [1.165, 1.54) is 4.88 Å². The van der Waals surface area contributed by atoms with Crippen LogP contribution in [0.3, 0.4) is 0 Å². The normalized spacial score (nSPS) is 16.5. The van der Waals surface area contributed by atoms with Crippen LogP contribution in [0.2, 0.25) is 0 Å². The Morgan fingerprint density at radius 3 is 2.89 bits per heavy atom. The lowest BCUT2D eigenvalue weighted by molar-refractivity contribution is -0.134. The van der Waals surface area contributed by atoms with E-state index >= 15 is 0 Å². The Labute approximate surface area is 120 Å². The van der Waals surface area contributed by atoms with E-state index in [1.807, 2.05) is 0 Å². The molecule has 0 aromatic carbocycles. The number of rotatable bonds is 6. The fourth-order valence-corrected chi connectivity index (χ4v) is 3.41. The van der Waals surface area contributed by atoms with Gasteiger partial charge in [-0.05, 0) is 50.2 Å². The maximum Gasteiger partial charge on any atom is 0.223 e. The summed E-state index contributed by atoms with van der Waals surface area (Å²) in [6.07, 6.45) is 4.80. The van der Waals surface area contributed by atoms with E-state index < -0.39 is 0 Å². The average Bonchev–Trinajstić information content (AvgIpc) is 2.96. The van der Waals surface area contributed by atoms with Crippen LogP contribution in [0.5, 0.6) is 0 Å². The Morgan fingerprint density at radius 1 is 1.47 bits per heavy atom. The first-order chi connectivity index (χ1) is 9.31. The molecule has 1 aliphatic heterocycles. The van der Waals surface area contributed by atoms with Crippen molar-refractivity contribution in [3.05, 3.63) is 22.4 Å². The van der Waals surface area contributed by atoms with E-state index in [1.54, 1.807) is 11.3 Å². The van der Waals surface area contributed by atoms with Gasteiger partial charge >= 0.3 is 0 Å². The zero-order chi connectivity index (χ0) is 13.5. The largest absolute Gasteiger partial charge is 0.340 e. The van der Waals surface area contributed by atoms with Crippen molar-refractivity contribution in [2.45, 2.75) is 45.1 Å². The predicted octanol–water partition coefficient (Wildman–Crippen LogP) is 2.67. The smallest absolute Gasteiger partial charge is 0.223 e. The van der Waals surface area contributed by atoms with Gasteiger partial charge in [0.1, 0.15) is 0 Å². The molecule has 1 fully saturated rings. The van der Waals surface area contributed by atoms with Gasteiger partial charge in [0, 0.05) is 23.9 Å². The zero-order valence-corrected chi connectivity index (χ0v) is 12.5. The maximum absolute atomic E-state index is 12.4. The van der Waals surface area contributed by atoms with Crippen LogP contribution >= 0.6 is 11.3 Å². The number of aryl methyl sites for hydroxylation is 1. The fraction of sp³-hybridized carbons (Fsp3) is 0.667. The summed E-state index contributed by atoms with van der Waals surface area (Å²) in [5.74, 6) is 0.335. The maximum atomic E-state index is 12.4.